The lowest BCUT2D eigenvalue weighted by Gasteiger charge is -2.18. The summed E-state index contributed by atoms with van der Waals surface area (Å²) in [5.41, 5.74) is 3.86. The van der Waals surface area contributed by atoms with Crippen LogP contribution < -0.4 is 14.8 Å². The summed E-state index contributed by atoms with van der Waals surface area (Å²) in [7, 11) is 1.69. The molecule has 5 nitrogen and oxygen atoms in total. The Kier molecular flexibility index (Phi) is 7.41. The van der Waals surface area contributed by atoms with Gasteiger partial charge >= 0.3 is 0 Å². The fraction of sp³-hybridized carbons (Fsp3) is 0.296. The van der Waals surface area contributed by atoms with Gasteiger partial charge in [-0.25, -0.2) is 4.98 Å². The SMILES string of the molecule is C=CCc1cc(-c2cccc(Nc3ccccc3)n2)c(OC)cc1OCCN1CCCC1. The van der Waals surface area contributed by atoms with Crippen LogP contribution in [0.25, 0.3) is 11.3 Å². The van der Waals surface area contributed by atoms with Gasteiger partial charge in [-0.1, -0.05) is 30.3 Å². The van der Waals surface area contributed by atoms with Gasteiger partial charge in [-0.15, -0.1) is 6.58 Å². The molecule has 0 saturated carbocycles. The van der Waals surface area contributed by atoms with E-state index < -0.39 is 0 Å². The van der Waals surface area contributed by atoms with Gasteiger partial charge in [-0.05, 0) is 68.2 Å². The average molecular weight is 430 g/mol. The highest BCUT2D eigenvalue weighted by Gasteiger charge is 2.16. The zero-order valence-corrected chi connectivity index (χ0v) is 18.7. The van der Waals surface area contributed by atoms with Crippen LogP contribution in [0.1, 0.15) is 18.4 Å². The van der Waals surface area contributed by atoms with E-state index in [4.69, 9.17) is 14.5 Å². The number of benzene rings is 2. The Morgan fingerprint density at radius 2 is 1.84 bits per heavy atom. The van der Waals surface area contributed by atoms with E-state index in [0.717, 1.165) is 52.8 Å². The number of para-hydroxylation sites is 1. The number of allylic oxidation sites excluding steroid dienone is 1. The topological polar surface area (TPSA) is 46.6 Å². The van der Waals surface area contributed by atoms with E-state index in [0.29, 0.717) is 6.61 Å². The molecule has 166 valence electrons. The highest BCUT2D eigenvalue weighted by molar-refractivity contribution is 5.72. The van der Waals surface area contributed by atoms with Crippen molar-refractivity contribution in [1.29, 1.82) is 0 Å². The third-order valence-corrected chi connectivity index (χ3v) is 5.68. The summed E-state index contributed by atoms with van der Waals surface area (Å²) >= 11 is 0. The Labute approximate surface area is 190 Å². The highest BCUT2D eigenvalue weighted by Crippen LogP contribution is 2.36. The summed E-state index contributed by atoms with van der Waals surface area (Å²) < 4.78 is 11.9. The van der Waals surface area contributed by atoms with Crippen molar-refractivity contribution in [2.45, 2.75) is 19.3 Å². The molecule has 0 spiro atoms. The molecule has 1 N–H and O–H groups in total. The van der Waals surface area contributed by atoms with Crippen LogP contribution in [0, 0.1) is 0 Å². The highest BCUT2D eigenvalue weighted by atomic mass is 16.5. The van der Waals surface area contributed by atoms with Gasteiger partial charge in [0.25, 0.3) is 0 Å². The van der Waals surface area contributed by atoms with Crippen LogP contribution in [-0.4, -0.2) is 43.2 Å². The quantitative estimate of drug-likeness (QED) is 0.419. The van der Waals surface area contributed by atoms with Crippen molar-refractivity contribution in [3.63, 3.8) is 0 Å². The summed E-state index contributed by atoms with van der Waals surface area (Å²) in [5, 5.41) is 3.36. The molecule has 1 aliphatic rings. The van der Waals surface area contributed by atoms with E-state index in [9.17, 15) is 0 Å². The molecule has 0 unspecified atom stereocenters. The molecule has 0 radical (unpaired) electrons. The van der Waals surface area contributed by atoms with Gasteiger partial charge in [-0.3, -0.25) is 4.90 Å². The van der Waals surface area contributed by atoms with Crippen LogP contribution in [0.3, 0.4) is 0 Å². The van der Waals surface area contributed by atoms with E-state index in [2.05, 4.69) is 22.9 Å². The van der Waals surface area contributed by atoms with E-state index in [1.807, 2.05) is 60.7 Å². The van der Waals surface area contributed by atoms with E-state index in [-0.39, 0.29) is 0 Å². The number of nitrogens with zero attached hydrogens (tertiary/aromatic N) is 2. The second kappa shape index (κ2) is 10.8. The van der Waals surface area contributed by atoms with Gasteiger partial charge in [0, 0.05) is 23.9 Å². The van der Waals surface area contributed by atoms with Crippen molar-refractivity contribution in [2.75, 3.05) is 38.7 Å². The van der Waals surface area contributed by atoms with Gasteiger partial charge in [0.2, 0.25) is 0 Å². The molecule has 0 bridgehead atoms. The Balaban J connectivity index is 1.58. The lowest BCUT2D eigenvalue weighted by atomic mass is 10.0. The van der Waals surface area contributed by atoms with Crippen molar-refractivity contribution >= 4 is 11.5 Å². The van der Waals surface area contributed by atoms with E-state index in [1.54, 1.807) is 7.11 Å². The van der Waals surface area contributed by atoms with Crippen LogP contribution in [0.15, 0.2) is 73.3 Å². The van der Waals surface area contributed by atoms with Gasteiger partial charge in [0.1, 0.15) is 23.9 Å². The molecule has 1 saturated heterocycles. The molecule has 0 atom stereocenters. The van der Waals surface area contributed by atoms with Crippen molar-refractivity contribution in [3.05, 3.63) is 78.9 Å². The third kappa shape index (κ3) is 5.48. The van der Waals surface area contributed by atoms with E-state index >= 15 is 0 Å². The van der Waals surface area contributed by atoms with Crippen LogP contribution in [-0.2, 0) is 6.42 Å². The van der Waals surface area contributed by atoms with Crippen molar-refractivity contribution in [2.24, 2.45) is 0 Å². The molecular formula is C27H31N3O2. The average Bonchev–Trinajstić information content (AvgIpc) is 3.34. The first-order chi connectivity index (χ1) is 15.8. The normalized spacial score (nSPS) is 13.7. The molecule has 1 aliphatic heterocycles. The first kappa shape index (κ1) is 21.9. The van der Waals surface area contributed by atoms with Crippen molar-refractivity contribution in [3.8, 4) is 22.8 Å². The Morgan fingerprint density at radius 3 is 2.59 bits per heavy atom. The minimum atomic E-state index is 0.668. The Morgan fingerprint density at radius 1 is 1.03 bits per heavy atom. The molecule has 5 heteroatoms. The minimum Gasteiger partial charge on any atom is -0.496 e. The predicted octanol–water partition coefficient (Wildman–Crippen LogP) is 5.70. The molecule has 1 fully saturated rings. The first-order valence-electron chi connectivity index (χ1n) is 11.2. The molecule has 3 aromatic rings. The zero-order chi connectivity index (χ0) is 22.2. The Hall–Kier alpha value is -3.31. The maximum atomic E-state index is 6.19. The number of hydrogen-bond acceptors (Lipinski definition) is 5. The first-order valence-corrected chi connectivity index (χ1v) is 11.2. The number of likely N-dealkylation sites (tertiary alicyclic amines) is 1. The fourth-order valence-electron chi connectivity index (χ4n) is 4.04. The number of anilines is 2. The monoisotopic (exact) mass is 429 g/mol. The molecule has 32 heavy (non-hydrogen) atoms. The smallest absolute Gasteiger partial charge is 0.131 e. The number of pyridine rings is 1. The number of aromatic nitrogens is 1. The Bertz CT molecular complexity index is 1030. The van der Waals surface area contributed by atoms with Gasteiger partial charge in [0.15, 0.2) is 0 Å². The van der Waals surface area contributed by atoms with Gasteiger partial charge in [-0.2, -0.15) is 0 Å². The van der Waals surface area contributed by atoms with Crippen molar-refractivity contribution in [1.82, 2.24) is 9.88 Å². The van der Waals surface area contributed by atoms with Crippen LogP contribution in [0.5, 0.6) is 11.5 Å². The maximum absolute atomic E-state index is 6.19. The van der Waals surface area contributed by atoms with Crippen molar-refractivity contribution < 1.29 is 9.47 Å². The molecular weight excluding hydrogens is 398 g/mol. The summed E-state index contributed by atoms with van der Waals surface area (Å²) in [5.74, 6) is 2.38. The van der Waals surface area contributed by atoms with Gasteiger partial charge in [0.05, 0.1) is 12.8 Å². The molecule has 2 heterocycles. The predicted molar refractivity (Wildman–Crippen MR) is 131 cm³/mol. The lowest BCUT2D eigenvalue weighted by Crippen LogP contribution is -2.25. The van der Waals surface area contributed by atoms with Crippen LogP contribution >= 0.6 is 0 Å². The number of nitrogens with one attached hydrogen (secondary N) is 1. The fourth-order valence-corrected chi connectivity index (χ4v) is 4.04. The summed E-state index contributed by atoms with van der Waals surface area (Å²) in [6, 6.07) is 20.1. The van der Waals surface area contributed by atoms with Gasteiger partial charge < -0.3 is 14.8 Å². The number of hydrogen-bond donors (Lipinski definition) is 1. The van der Waals surface area contributed by atoms with E-state index in [1.165, 1.54) is 25.9 Å². The molecule has 1 aromatic heterocycles. The number of rotatable bonds is 10. The summed E-state index contributed by atoms with van der Waals surface area (Å²) in [6.07, 6.45) is 5.20. The molecule has 0 amide bonds. The van der Waals surface area contributed by atoms with Crippen LogP contribution in [0.4, 0.5) is 11.5 Å². The molecule has 2 aromatic carbocycles. The second-order valence-corrected chi connectivity index (χ2v) is 7.95. The number of methoxy groups -OCH3 is 1. The standard InChI is InChI=1S/C27H31N3O2/c1-3-10-21-19-23(24-13-9-14-27(29-24)28-22-11-5-4-6-12-22)26(31-2)20-25(21)32-18-17-30-15-7-8-16-30/h3-6,9,11-14,19-20H,1,7-8,10,15-18H2,2H3,(H,28,29). The number of ether oxygens (including phenoxy) is 2. The largest absolute Gasteiger partial charge is 0.496 e. The zero-order valence-electron chi connectivity index (χ0n) is 18.7. The lowest BCUT2D eigenvalue weighted by molar-refractivity contribution is 0.236. The summed E-state index contributed by atoms with van der Waals surface area (Å²) in [6.45, 7) is 7.89. The minimum absolute atomic E-state index is 0.668. The second-order valence-electron chi connectivity index (χ2n) is 7.95. The van der Waals surface area contributed by atoms with Crippen LogP contribution in [0.2, 0.25) is 0 Å². The maximum Gasteiger partial charge on any atom is 0.131 e. The molecule has 0 aliphatic carbocycles. The summed E-state index contributed by atoms with van der Waals surface area (Å²) in [4.78, 5) is 7.28. The third-order valence-electron chi connectivity index (χ3n) is 5.68. The molecule has 4 rings (SSSR count).